The third-order valence-corrected chi connectivity index (χ3v) is 1.70. The monoisotopic (exact) mass is 218 g/mol. The van der Waals surface area contributed by atoms with Crippen molar-refractivity contribution < 1.29 is 17.7 Å². The highest BCUT2D eigenvalue weighted by Gasteiger charge is 2.25. The third kappa shape index (κ3) is 3.81. The summed E-state index contributed by atoms with van der Waals surface area (Å²) in [6, 6.07) is 2.23. The van der Waals surface area contributed by atoms with Crippen LogP contribution in [0.3, 0.4) is 0 Å². The Morgan fingerprint density at radius 3 is 2.40 bits per heavy atom. The molecule has 0 amide bonds. The molecule has 0 N–H and O–H groups in total. The predicted octanol–water partition coefficient (Wildman–Crippen LogP) is 2.17. The Morgan fingerprint density at radius 2 is 2.00 bits per heavy atom. The van der Waals surface area contributed by atoms with Gasteiger partial charge in [-0.2, -0.15) is 0 Å². The van der Waals surface area contributed by atoms with Gasteiger partial charge in [0.25, 0.3) is 0 Å². The summed E-state index contributed by atoms with van der Waals surface area (Å²) in [4.78, 5) is 3.59. The fourth-order valence-electron chi connectivity index (χ4n) is 0.923. The Labute approximate surface area is 86.5 Å². The summed E-state index contributed by atoms with van der Waals surface area (Å²) >= 11 is 0. The van der Waals surface area contributed by atoms with Gasteiger partial charge in [-0.25, -0.2) is 4.98 Å². The molecule has 0 saturated heterocycles. The number of hydrogen-bond acceptors (Lipinski definition) is 2. The van der Waals surface area contributed by atoms with E-state index >= 15 is 0 Å². The Morgan fingerprint density at radius 1 is 1.33 bits per heavy atom. The molecule has 15 heavy (non-hydrogen) atoms. The largest absolute Gasteiger partial charge is 0.511 e. The lowest BCUT2D eigenvalue weighted by Gasteiger charge is -2.14. The Hall–Kier alpha value is -1.20. The van der Waals surface area contributed by atoms with Crippen LogP contribution in [-0.2, 0) is 0 Å². The molecule has 0 unspecified atom stereocenters. The van der Waals surface area contributed by atoms with Crippen LogP contribution in [0.5, 0.6) is 5.88 Å². The Kier molecular flexibility index (Phi) is 3.60. The van der Waals surface area contributed by atoms with Crippen molar-refractivity contribution in [3.8, 4) is 5.88 Å². The molecule has 1 aromatic rings. The first kappa shape index (κ1) is 11.9. The number of ether oxygens (including phenoxy) is 1. The summed E-state index contributed by atoms with van der Waals surface area (Å²) < 4.78 is 41.8. The van der Waals surface area contributed by atoms with Crippen LogP contribution in [0.4, 0.5) is 12.9 Å². The molecule has 2 nitrogen and oxygen atoms in total. The van der Waals surface area contributed by atoms with Gasteiger partial charge in [-0.15, -0.1) is 0 Å². The van der Waals surface area contributed by atoms with Gasteiger partial charge in [-0.05, 0) is 12.0 Å². The van der Waals surface area contributed by atoms with E-state index in [4.69, 9.17) is 4.74 Å². The molecule has 0 saturated carbocycles. The second kappa shape index (κ2) is 4.55. The van der Waals surface area contributed by atoms with Crippen molar-refractivity contribution in [1.82, 2.24) is 4.98 Å². The fourth-order valence-corrected chi connectivity index (χ4v) is 0.923. The number of pyridine rings is 1. The van der Waals surface area contributed by atoms with Gasteiger partial charge in [0.05, 0.1) is 6.61 Å². The van der Waals surface area contributed by atoms with Gasteiger partial charge >= 0.3 is 6.98 Å². The SMILES string of the molecule is CC(C)COc1ccc([B-](F)(F)F)cn1. The zero-order chi connectivity index (χ0) is 11.5. The smallest absolute Gasteiger partial charge is 0.477 e. The average molecular weight is 218 g/mol. The van der Waals surface area contributed by atoms with E-state index in [1.807, 2.05) is 13.8 Å². The van der Waals surface area contributed by atoms with Crippen LogP contribution in [0, 0.1) is 5.92 Å². The maximum atomic E-state index is 12.2. The number of halogens is 3. The summed E-state index contributed by atoms with van der Waals surface area (Å²) in [5, 5.41) is 0. The quantitative estimate of drug-likeness (QED) is 0.722. The minimum Gasteiger partial charge on any atom is -0.477 e. The Balaban J connectivity index is 2.65. The van der Waals surface area contributed by atoms with Crippen LogP contribution in [0.2, 0.25) is 0 Å². The summed E-state index contributed by atoms with van der Waals surface area (Å²) in [5.41, 5.74) is -0.702. The zero-order valence-corrected chi connectivity index (χ0v) is 8.58. The van der Waals surface area contributed by atoms with Crippen LogP contribution < -0.4 is 10.2 Å². The van der Waals surface area contributed by atoms with Gasteiger partial charge in [0.1, 0.15) is 0 Å². The maximum Gasteiger partial charge on any atom is 0.511 e. The van der Waals surface area contributed by atoms with Gasteiger partial charge < -0.3 is 17.7 Å². The molecule has 0 aliphatic rings. The molecule has 0 aliphatic heterocycles. The molecular weight excluding hydrogens is 206 g/mol. The van der Waals surface area contributed by atoms with Crippen LogP contribution in [0.25, 0.3) is 0 Å². The second-order valence-electron chi connectivity index (χ2n) is 3.71. The minimum atomic E-state index is -4.96. The molecule has 0 bridgehead atoms. The number of rotatable bonds is 4. The van der Waals surface area contributed by atoms with Crippen molar-refractivity contribution >= 4 is 12.4 Å². The maximum absolute atomic E-state index is 12.2. The van der Waals surface area contributed by atoms with E-state index < -0.39 is 12.4 Å². The van der Waals surface area contributed by atoms with Crippen LogP contribution in [-0.4, -0.2) is 18.6 Å². The van der Waals surface area contributed by atoms with E-state index in [0.29, 0.717) is 12.5 Å². The lowest BCUT2D eigenvalue weighted by molar-refractivity contribution is 0.261. The summed E-state index contributed by atoms with van der Waals surface area (Å²) in [7, 11) is 0. The van der Waals surface area contributed by atoms with Crippen LogP contribution >= 0.6 is 0 Å². The normalized spacial score (nSPS) is 11.9. The van der Waals surface area contributed by atoms with Gasteiger partial charge in [0.15, 0.2) is 0 Å². The van der Waals surface area contributed by atoms with Crippen molar-refractivity contribution in [2.24, 2.45) is 5.92 Å². The van der Waals surface area contributed by atoms with Crippen molar-refractivity contribution in [2.75, 3.05) is 6.61 Å². The standard InChI is InChI=1S/C9H12BF3NO/c1-7(2)6-15-9-4-3-8(5-14-9)10(11,12)13/h3-5,7H,6H2,1-2H3/q-1. The molecule has 0 aliphatic carbocycles. The van der Waals surface area contributed by atoms with Crippen molar-refractivity contribution in [3.05, 3.63) is 18.3 Å². The van der Waals surface area contributed by atoms with E-state index in [0.717, 1.165) is 12.3 Å². The first-order valence-electron chi connectivity index (χ1n) is 4.68. The molecule has 0 spiro atoms. The van der Waals surface area contributed by atoms with Crippen molar-refractivity contribution in [3.63, 3.8) is 0 Å². The van der Waals surface area contributed by atoms with Gasteiger partial charge in [-0.3, -0.25) is 0 Å². The van der Waals surface area contributed by atoms with E-state index in [-0.39, 0.29) is 5.88 Å². The van der Waals surface area contributed by atoms with Crippen molar-refractivity contribution in [2.45, 2.75) is 13.8 Å². The average Bonchev–Trinajstić information content (AvgIpc) is 2.14. The molecular formula is C9H12BF3NO-. The van der Waals surface area contributed by atoms with Gasteiger partial charge in [0, 0.05) is 6.20 Å². The molecule has 0 aromatic carbocycles. The topological polar surface area (TPSA) is 22.1 Å². The molecule has 0 atom stereocenters. The molecule has 1 heterocycles. The highest BCUT2D eigenvalue weighted by atomic mass is 19.4. The number of aromatic nitrogens is 1. The predicted molar refractivity (Wildman–Crippen MR) is 53.3 cm³/mol. The zero-order valence-electron chi connectivity index (χ0n) is 8.58. The highest BCUT2D eigenvalue weighted by molar-refractivity contribution is 6.73. The van der Waals surface area contributed by atoms with E-state index in [2.05, 4.69) is 4.98 Å². The van der Waals surface area contributed by atoms with Crippen molar-refractivity contribution in [1.29, 1.82) is 0 Å². The fraction of sp³-hybridized carbons (Fsp3) is 0.444. The van der Waals surface area contributed by atoms with Crippen LogP contribution in [0.15, 0.2) is 18.3 Å². The van der Waals surface area contributed by atoms with E-state index in [1.165, 1.54) is 6.07 Å². The summed E-state index contributed by atoms with van der Waals surface area (Å²) in [6.07, 6.45) is 0.801. The molecule has 6 heteroatoms. The molecule has 1 aromatic heterocycles. The highest BCUT2D eigenvalue weighted by Crippen LogP contribution is 2.11. The number of nitrogens with zero attached hydrogens (tertiary/aromatic N) is 1. The lowest BCUT2D eigenvalue weighted by atomic mass is 9.82. The first-order valence-corrected chi connectivity index (χ1v) is 4.68. The molecule has 0 radical (unpaired) electrons. The Bertz CT molecular complexity index is 310. The van der Waals surface area contributed by atoms with E-state index in [9.17, 15) is 12.9 Å². The third-order valence-electron chi connectivity index (χ3n) is 1.70. The molecule has 0 fully saturated rings. The number of hydrogen-bond donors (Lipinski definition) is 0. The van der Waals surface area contributed by atoms with Gasteiger partial charge in [0.2, 0.25) is 5.88 Å². The van der Waals surface area contributed by atoms with E-state index in [1.54, 1.807) is 0 Å². The summed E-state index contributed by atoms with van der Waals surface area (Å²) in [5.74, 6) is 0.547. The second-order valence-corrected chi connectivity index (χ2v) is 3.71. The van der Waals surface area contributed by atoms with Gasteiger partial charge in [-0.1, -0.05) is 25.4 Å². The summed E-state index contributed by atoms with van der Waals surface area (Å²) in [6.45, 7) is -0.612. The lowest BCUT2D eigenvalue weighted by Crippen LogP contribution is -2.34. The molecule has 84 valence electrons. The van der Waals surface area contributed by atoms with Crippen LogP contribution in [0.1, 0.15) is 13.8 Å². The minimum absolute atomic E-state index is 0.229. The first-order chi connectivity index (χ1) is 6.89. The molecule has 1 rings (SSSR count).